The lowest BCUT2D eigenvalue weighted by Gasteiger charge is -2.07. The Kier molecular flexibility index (Phi) is 8.48. The minimum Gasteiger partial charge on any atom is -0.491 e. The van der Waals surface area contributed by atoms with Gasteiger partial charge in [0.2, 0.25) is 0 Å². The Morgan fingerprint density at radius 2 is 1.84 bits per heavy atom. The number of hydrogen-bond donors (Lipinski definition) is 1. The summed E-state index contributed by atoms with van der Waals surface area (Å²) in [6.07, 6.45) is 0.898. The third-order valence-electron chi connectivity index (χ3n) is 2.30. The number of aliphatic hydroxyl groups is 1. The van der Waals surface area contributed by atoms with E-state index in [2.05, 4.69) is 11.8 Å². The van der Waals surface area contributed by atoms with Gasteiger partial charge in [-0.15, -0.1) is 0 Å². The third-order valence-corrected chi connectivity index (χ3v) is 2.30. The molecule has 19 heavy (non-hydrogen) atoms. The van der Waals surface area contributed by atoms with Gasteiger partial charge in [0.1, 0.15) is 19.0 Å². The fraction of sp³-hybridized carbons (Fsp3) is 0.467. The zero-order chi connectivity index (χ0) is 13.8. The van der Waals surface area contributed by atoms with E-state index in [-0.39, 0.29) is 6.61 Å². The predicted octanol–water partition coefficient (Wildman–Crippen LogP) is 1.46. The van der Waals surface area contributed by atoms with Crippen LogP contribution in [0, 0.1) is 11.8 Å². The van der Waals surface area contributed by atoms with Gasteiger partial charge in [0.05, 0.1) is 6.61 Å². The van der Waals surface area contributed by atoms with Crippen molar-refractivity contribution >= 4 is 0 Å². The van der Waals surface area contributed by atoms with Crippen molar-refractivity contribution < 1.29 is 19.3 Å². The number of hydrogen-bond acceptors (Lipinski definition) is 4. The molecule has 4 heteroatoms. The summed E-state index contributed by atoms with van der Waals surface area (Å²) in [7, 11) is 1.68. The summed E-state index contributed by atoms with van der Waals surface area (Å²) >= 11 is 0. The highest BCUT2D eigenvalue weighted by atomic mass is 16.5. The fourth-order valence-electron chi connectivity index (χ4n) is 1.40. The molecule has 0 fully saturated rings. The Labute approximate surface area is 114 Å². The first-order valence-electron chi connectivity index (χ1n) is 6.26. The van der Waals surface area contributed by atoms with Crippen molar-refractivity contribution in [3.63, 3.8) is 0 Å². The number of benzene rings is 1. The summed E-state index contributed by atoms with van der Waals surface area (Å²) in [5, 5.41) is 8.58. The summed E-state index contributed by atoms with van der Waals surface area (Å²) in [5.41, 5.74) is 0.859. The maximum Gasteiger partial charge on any atom is 0.119 e. The highest BCUT2D eigenvalue weighted by Gasteiger charge is 1.94. The molecule has 0 heterocycles. The number of aliphatic hydroxyl groups excluding tert-OH is 1. The molecule has 0 aromatic heterocycles. The highest BCUT2D eigenvalue weighted by molar-refractivity contribution is 5.38. The van der Waals surface area contributed by atoms with E-state index in [1.807, 2.05) is 24.3 Å². The fourth-order valence-corrected chi connectivity index (χ4v) is 1.40. The summed E-state index contributed by atoms with van der Waals surface area (Å²) in [6.45, 7) is 2.37. The Hall–Kier alpha value is -1.54. The second-order valence-corrected chi connectivity index (χ2v) is 3.79. The van der Waals surface area contributed by atoms with Gasteiger partial charge in [0.25, 0.3) is 0 Å². The van der Waals surface area contributed by atoms with Crippen molar-refractivity contribution in [2.75, 3.05) is 40.1 Å². The van der Waals surface area contributed by atoms with E-state index in [0.29, 0.717) is 19.8 Å². The van der Waals surface area contributed by atoms with E-state index in [0.717, 1.165) is 24.3 Å². The van der Waals surface area contributed by atoms with Gasteiger partial charge in [-0.3, -0.25) is 0 Å². The van der Waals surface area contributed by atoms with Gasteiger partial charge in [-0.1, -0.05) is 11.8 Å². The van der Waals surface area contributed by atoms with E-state index >= 15 is 0 Å². The molecular formula is C15H20O4. The van der Waals surface area contributed by atoms with Crippen molar-refractivity contribution in [3.05, 3.63) is 29.8 Å². The molecule has 0 bridgehead atoms. The maximum absolute atomic E-state index is 8.58. The van der Waals surface area contributed by atoms with Gasteiger partial charge < -0.3 is 19.3 Å². The van der Waals surface area contributed by atoms with Crippen LogP contribution in [0.4, 0.5) is 0 Å². The molecule has 0 amide bonds. The summed E-state index contributed by atoms with van der Waals surface area (Å²) < 4.78 is 15.8. The smallest absolute Gasteiger partial charge is 0.119 e. The van der Waals surface area contributed by atoms with E-state index in [4.69, 9.17) is 19.3 Å². The quantitative estimate of drug-likeness (QED) is 0.570. The Balaban J connectivity index is 2.16. The predicted molar refractivity (Wildman–Crippen MR) is 73.2 cm³/mol. The van der Waals surface area contributed by atoms with Crippen molar-refractivity contribution in [1.82, 2.24) is 0 Å². The first-order chi connectivity index (χ1) is 9.36. The summed E-state index contributed by atoms with van der Waals surface area (Å²) in [5.74, 6) is 6.21. The normalized spacial score (nSPS) is 9.79. The summed E-state index contributed by atoms with van der Waals surface area (Å²) in [4.78, 5) is 0. The Morgan fingerprint density at radius 3 is 2.53 bits per heavy atom. The maximum atomic E-state index is 8.58. The first kappa shape index (κ1) is 15.5. The molecule has 4 nitrogen and oxygen atoms in total. The van der Waals surface area contributed by atoms with Crippen LogP contribution in [-0.2, 0) is 9.47 Å². The van der Waals surface area contributed by atoms with Gasteiger partial charge in [-0.25, -0.2) is 0 Å². The minimum atomic E-state index is -0.126. The average molecular weight is 264 g/mol. The zero-order valence-electron chi connectivity index (χ0n) is 11.2. The van der Waals surface area contributed by atoms with E-state index in [9.17, 15) is 0 Å². The van der Waals surface area contributed by atoms with Crippen LogP contribution in [0.2, 0.25) is 0 Å². The third kappa shape index (κ3) is 7.47. The molecule has 0 aliphatic carbocycles. The van der Waals surface area contributed by atoms with Gasteiger partial charge in [0.15, 0.2) is 0 Å². The second-order valence-electron chi connectivity index (χ2n) is 3.79. The highest BCUT2D eigenvalue weighted by Crippen LogP contribution is 2.11. The molecule has 0 saturated carbocycles. The van der Waals surface area contributed by atoms with Crippen LogP contribution in [0.15, 0.2) is 24.3 Å². The van der Waals surface area contributed by atoms with Gasteiger partial charge in [0, 0.05) is 25.9 Å². The average Bonchev–Trinajstić information content (AvgIpc) is 2.45. The largest absolute Gasteiger partial charge is 0.491 e. The monoisotopic (exact) mass is 264 g/mol. The molecule has 0 spiro atoms. The zero-order valence-corrected chi connectivity index (χ0v) is 11.2. The first-order valence-corrected chi connectivity index (χ1v) is 6.26. The molecule has 0 saturated heterocycles. The van der Waals surface area contributed by atoms with Crippen LogP contribution in [0.3, 0.4) is 0 Å². The minimum absolute atomic E-state index is 0.126. The lowest BCUT2D eigenvalue weighted by molar-refractivity contribution is 0.0806. The Morgan fingerprint density at radius 1 is 1.05 bits per heavy atom. The Bertz CT molecular complexity index is 389. The molecule has 104 valence electrons. The van der Waals surface area contributed by atoms with Crippen LogP contribution < -0.4 is 4.74 Å². The van der Waals surface area contributed by atoms with Crippen molar-refractivity contribution in [2.24, 2.45) is 0 Å². The number of rotatable bonds is 8. The van der Waals surface area contributed by atoms with Gasteiger partial charge in [-0.2, -0.15) is 0 Å². The van der Waals surface area contributed by atoms with Crippen molar-refractivity contribution in [3.8, 4) is 17.6 Å². The van der Waals surface area contributed by atoms with Crippen LogP contribution in [0.1, 0.15) is 12.0 Å². The molecule has 0 unspecified atom stereocenters. The van der Waals surface area contributed by atoms with E-state index in [1.54, 1.807) is 7.11 Å². The van der Waals surface area contributed by atoms with Gasteiger partial charge in [-0.05, 0) is 30.7 Å². The molecule has 1 rings (SSSR count). The lowest BCUT2D eigenvalue weighted by Crippen LogP contribution is -2.08. The van der Waals surface area contributed by atoms with E-state index in [1.165, 1.54) is 0 Å². The van der Waals surface area contributed by atoms with Crippen molar-refractivity contribution in [2.45, 2.75) is 6.42 Å². The lowest BCUT2D eigenvalue weighted by atomic mass is 10.2. The second kappa shape index (κ2) is 10.4. The number of methoxy groups -OCH3 is 1. The molecule has 0 atom stereocenters. The van der Waals surface area contributed by atoms with Crippen LogP contribution in [0.5, 0.6) is 5.75 Å². The van der Waals surface area contributed by atoms with Gasteiger partial charge >= 0.3 is 0 Å². The van der Waals surface area contributed by atoms with Crippen molar-refractivity contribution in [1.29, 1.82) is 0 Å². The molecule has 1 aromatic carbocycles. The van der Waals surface area contributed by atoms with Crippen LogP contribution in [-0.4, -0.2) is 45.3 Å². The molecule has 1 N–H and O–H groups in total. The molecule has 0 aliphatic heterocycles. The van der Waals surface area contributed by atoms with Crippen LogP contribution in [0.25, 0.3) is 0 Å². The molecule has 1 aromatic rings. The van der Waals surface area contributed by atoms with Crippen LogP contribution >= 0.6 is 0 Å². The number of ether oxygens (including phenoxy) is 3. The SMILES string of the molecule is COCCCOCCOc1ccc(C#CCO)cc1. The molecular weight excluding hydrogens is 244 g/mol. The van der Waals surface area contributed by atoms with E-state index < -0.39 is 0 Å². The summed E-state index contributed by atoms with van der Waals surface area (Å²) in [6, 6.07) is 7.42. The molecule has 0 aliphatic rings. The molecule has 0 radical (unpaired) electrons. The standard InChI is InChI=1S/C15H20O4/c1-17-10-3-11-18-12-13-19-15-7-5-14(6-8-15)4-2-9-16/h5-8,16H,3,9-13H2,1H3. The topological polar surface area (TPSA) is 47.9 Å².